The van der Waals surface area contributed by atoms with Crippen molar-refractivity contribution >= 4 is 16.5 Å². The van der Waals surface area contributed by atoms with Crippen LogP contribution in [0, 0.1) is 0 Å². The lowest BCUT2D eigenvalue weighted by atomic mass is 9.89. The number of nitrogens with one attached hydrogen (secondary N) is 1. The van der Waals surface area contributed by atoms with Gasteiger partial charge in [0.2, 0.25) is 12.5 Å². The summed E-state index contributed by atoms with van der Waals surface area (Å²) in [6, 6.07) is 8.77. The van der Waals surface area contributed by atoms with Crippen molar-refractivity contribution in [1.82, 2.24) is 0 Å². The third kappa shape index (κ3) is 4.88. The number of ether oxygens (including phenoxy) is 3. The van der Waals surface area contributed by atoms with Crippen molar-refractivity contribution in [3.8, 4) is 28.5 Å². The van der Waals surface area contributed by atoms with E-state index in [4.69, 9.17) is 14.2 Å². The van der Waals surface area contributed by atoms with E-state index in [1.807, 2.05) is 0 Å². The van der Waals surface area contributed by atoms with Crippen LogP contribution in [0.15, 0.2) is 30.5 Å². The number of benzene rings is 2. The molecule has 3 heterocycles. The van der Waals surface area contributed by atoms with Crippen LogP contribution in [0.3, 0.4) is 0 Å². The Morgan fingerprint density at radius 2 is 1.77 bits per heavy atom. The third-order valence-corrected chi connectivity index (χ3v) is 7.20. The first-order valence-corrected chi connectivity index (χ1v) is 13.0. The van der Waals surface area contributed by atoms with Gasteiger partial charge in [-0.3, -0.25) is 0 Å². The standard InChI is InChI=1S/C29H36N2O3.ClH/c1-4-6-8-9-14-30-28-24-18-31-15-13-20-16-26-27(34-19-33-26)17-23(20)29(31)22(10-7-5-2)21(24)11-12-25(28)32-3;/h11-12,16-18H,4-10,13-15,19H2,1-3H3;1H. The van der Waals surface area contributed by atoms with Gasteiger partial charge in [0.05, 0.1) is 23.7 Å². The third-order valence-electron chi connectivity index (χ3n) is 7.20. The molecular formula is C29H37ClN2O3. The van der Waals surface area contributed by atoms with Gasteiger partial charge in [0.1, 0.15) is 5.75 Å². The van der Waals surface area contributed by atoms with Crippen molar-refractivity contribution < 1.29 is 31.2 Å². The van der Waals surface area contributed by atoms with E-state index in [0.717, 1.165) is 55.3 Å². The summed E-state index contributed by atoms with van der Waals surface area (Å²) in [7, 11) is 1.77. The smallest absolute Gasteiger partial charge is 0.231 e. The Kier molecular flexibility index (Phi) is 8.27. The van der Waals surface area contributed by atoms with Gasteiger partial charge in [-0.2, -0.15) is 4.57 Å². The van der Waals surface area contributed by atoms with Crippen LogP contribution in [-0.2, 0) is 19.4 Å². The molecule has 2 aliphatic heterocycles. The number of anilines is 1. The van der Waals surface area contributed by atoms with Crippen molar-refractivity contribution in [1.29, 1.82) is 0 Å². The fraction of sp³-hybridized carbons (Fsp3) is 0.483. The Labute approximate surface area is 215 Å². The fourth-order valence-electron chi connectivity index (χ4n) is 5.39. The van der Waals surface area contributed by atoms with E-state index in [1.54, 1.807) is 7.11 Å². The van der Waals surface area contributed by atoms with Gasteiger partial charge in [-0.1, -0.05) is 39.5 Å². The van der Waals surface area contributed by atoms with E-state index in [0.29, 0.717) is 6.79 Å². The molecule has 5 rings (SSSR count). The predicted octanol–water partition coefficient (Wildman–Crippen LogP) is 3.43. The number of halogens is 1. The molecule has 0 amide bonds. The molecule has 1 aromatic heterocycles. The number of unbranched alkanes of at least 4 members (excludes halogenated alkanes) is 4. The largest absolute Gasteiger partial charge is 1.00 e. The Balaban J connectivity index is 0.00000289. The van der Waals surface area contributed by atoms with E-state index in [2.05, 4.69) is 54.2 Å². The molecule has 0 fully saturated rings. The van der Waals surface area contributed by atoms with Crippen LogP contribution in [0.5, 0.6) is 17.2 Å². The van der Waals surface area contributed by atoms with E-state index in [1.165, 1.54) is 65.3 Å². The second kappa shape index (κ2) is 11.4. The second-order valence-electron chi connectivity index (χ2n) is 9.46. The Bertz CT molecular complexity index is 1190. The minimum atomic E-state index is 0. The molecule has 1 N–H and O–H groups in total. The zero-order valence-corrected chi connectivity index (χ0v) is 22.0. The van der Waals surface area contributed by atoms with Gasteiger partial charge in [0, 0.05) is 18.5 Å². The molecular weight excluding hydrogens is 460 g/mol. The molecule has 0 saturated carbocycles. The highest BCUT2D eigenvalue weighted by Crippen LogP contribution is 2.43. The number of aryl methyl sites for hydroxylation is 3. The zero-order chi connectivity index (χ0) is 23.5. The number of hydrogen-bond donors (Lipinski definition) is 1. The molecule has 35 heavy (non-hydrogen) atoms. The van der Waals surface area contributed by atoms with E-state index in [9.17, 15) is 0 Å². The van der Waals surface area contributed by atoms with Crippen molar-refractivity contribution in [2.45, 2.75) is 71.8 Å². The van der Waals surface area contributed by atoms with Crippen LogP contribution < -0.4 is 36.5 Å². The molecule has 0 aliphatic carbocycles. The lowest BCUT2D eigenvalue weighted by Crippen LogP contribution is -3.00. The molecule has 2 aliphatic rings. The van der Waals surface area contributed by atoms with Crippen molar-refractivity contribution in [2.24, 2.45) is 0 Å². The average Bonchev–Trinajstić information content (AvgIpc) is 3.32. The number of rotatable bonds is 10. The second-order valence-corrected chi connectivity index (χ2v) is 9.46. The molecule has 0 bridgehead atoms. The van der Waals surface area contributed by atoms with Crippen molar-refractivity contribution in [3.63, 3.8) is 0 Å². The molecule has 0 spiro atoms. The topological polar surface area (TPSA) is 43.6 Å². The molecule has 0 atom stereocenters. The normalized spacial score (nSPS) is 13.2. The number of nitrogens with zero attached hydrogens (tertiary/aromatic N) is 1. The van der Waals surface area contributed by atoms with Gasteiger partial charge >= 0.3 is 0 Å². The summed E-state index contributed by atoms with van der Waals surface area (Å²) in [5.41, 5.74) is 6.52. The Morgan fingerprint density at radius 1 is 0.971 bits per heavy atom. The summed E-state index contributed by atoms with van der Waals surface area (Å²) in [6.45, 7) is 6.76. The van der Waals surface area contributed by atoms with Gasteiger partial charge in [-0.15, -0.1) is 0 Å². The van der Waals surface area contributed by atoms with Gasteiger partial charge < -0.3 is 31.9 Å². The Hall–Kier alpha value is -2.66. The Morgan fingerprint density at radius 3 is 2.54 bits per heavy atom. The lowest BCUT2D eigenvalue weighted by molar-refractivity contribution is -0.686. The molecule has 188 valence electrons. The minimum absolute atomic E-state index is 0. The van der Waals surface area contributed by atoms with Crippen LogP contribution in [0.2, 0.25) is 0 Å². The lowest BCUT2D eigenvalue weighted by Gasteiger charge is -2.21. The molecule has 6 heteroatoms. The molecule has 3 aromatic rings. The summed E-state index contributed by atoms with van der Waals surface area (Å²) in [6.07, 6.45) is 11.7. The van der Waals surface area contributed by atoms with Gasteiger partial charge in [0.25, 0.3) is 0 Å². The monoisotopic (exact) mass is 496 g/mol. The molecule has 2 aromatic carbocycles. The highest BCUT2D eigenvalue weighted by atomic mass is 35.5. The first-order chi connectivity index (χ1) is 16.7. The zero-order valence-electron chi connectivity index (χ0n) is 21.2. The van der Waals surface area contributed by atoms with Crippen molar-refractivity contribution in [2.75, 3.05) is 25.8 Å². The molecule has 0 saturated heterocycles. The predicted molar refractivity (Wildman–Crippen MR) is 137 cm³/mol. The van der Waals surface area contributed by atoms with Crippen LogP contribution >= 0.6 is 0 Å². The van der Waals surface area contributed by atoms with Crippen LogP contribution in [0.1, 0.15) is 63.5 Å². The quantitative estimate of drug-likeness (QED) is 0.345. The van der Waals surface area contributed by atoms with Crippen LogP contribution in [0.25, 0.3) is 22.0 Å². The van der Waals surface area contributed by atoms with E-state index < -0.39 is 0 Å². The number of fused-ring (bicyclic) bond motifs is 5. The van der Waals surface area contributed by atoms with Crippen molar-refractivity contribution in [3.05, 3.63) is 41.6 Å². The SMILES string of the molecule is CCCCCCNc1c(OC)ccc2c(CCCC)c3[n+](cc12)CCc1cc2c(cc1-3)OCO2.[Cl-]. The van der Waals surface area contributed by atoms with Gasteiger partial charge in [-0.25, -0.2) is 0 Å². The maximum absolute atomic E-state index is 5.80. The minimum Gasteiger partial charge on any atom is -1.00 e. The van der Waals surface area contributed by atoms with Gasteiger partial charge in [0.15, 0.2) is 24.2 Å². The molecule has 0 radical (unpaired) electrons. The van der Waals surface area contributed by atoms with E-state index in [-0.39, 0.29) is 12.4 Å². The first-order valence-electron chi connectivity index (χ1n) is 13.0. The number of methoxy groups -OCH3 is 1. The highest BCUT2D eigenvalue weighted by Gasteiger charge is 2.31. The summed E-state index contributed by atoms with van der Waals surface area (Å²) in [5.74, 6) is 2.66. The maximum atomic E-state index is 5.80. The summed E-state index contributed by atoms with van der Waals surface area (Å²) in [4.78, 5) is 0. The summed E-state index contributed by atoms with van der Waals surface area (Å²) in [5, 5.41) is 6.31. The van der Waals surface area contributed by atoms with Crippen LogP contribution in [-0.4, -0.2) is 20.4 Å². The van der Waals surface area contributed by atoms with Gasteiger partial charge in [-0.05, 0) is 54.5 Å². The summed E-state index contributed by atoms with van der Waals surface area (Å²) < 4.78 is 19.7. The average molecular weight is 497 g/mol. The highest BCUT2D eigenvalue weighted by molar-refractivity contribution is 6.00. The van der Waals surface area contributed by atoms with Crippen LogP contribution in [0.4, 0.5) is 5.69 Å². The fourth-order valence-corrected chi connectivity index (χ4v) is 5.39. The molecule has 5 nitrogen and oxygen atoms in total. The molecule has 0 unspecified atom stereocenters. The number of pyridine rings is 1. The number of aromatic nitrogens is 1. The van der Waals surface area contributed by atoms with E-state index >= 15 is 0 Å². The maximum Gasteiger partial charge on any atom is 0.231 e. The number of hydrogen-bond acceptors (Lipinski definition) is 4. The summed E-state index contributed by atoms with van der Waals surface area (Å²) >= 11 is 0. The first kappa shape index (κ1) is 25.4.